The minimum absolute atomic E-state index is 0.0201. The summed E-state index contributed by atoms with van der Waals surface area (Å²) in [4.78, 5) is 23.9. The number of ether oxygens (including phenoxy) is 1. The van der Waals surface area contributed by atoms with E-state index in [-0.39, 0.29) is 23.9 Å². The monoisotopic (exact) mass is 348 g/mol. The van der Waals surface area contributed by atoms with Crippen LogP contribution in [0.5, 0.6) is 0 Å². The molecule has 134 valence electrons. The molecule has 0 bridgehead atoms. The van der Waals surface area contributed by atoms with Gasteiger partial charge in [0.1, 0.15) is 11.4 Å². The third kappa shape index (κ3) is 5.14. The van der Waals surface area contributed by atoms with Crippen LogP contribution < -0.4 is 5.32 Å². The number of rotatable bonds is 7. The van der Waals surface area contributed by atoms with Gasteiger partial charge in [-0.3, -0.25) is 4.79 Å². The van der Waals surface area contributed by atoms with Crippen molar-refractivity contribution in [2.75, 3.05) is 13.2 Å². The van der Waals surface area contributed by atoms with Crippen molar-refractivity contribution >= 4 is 11.9 Å². The molecule has 2 rings (SSSR count). The molecule has 0 aliphatic heterocycles. The van der Waals surface area contributed by atoms with Crippen LogP contribution >= 0.6 is 0 Å². The summed E-state index contributed by atoms with van der Waals surface area (Å²) in [6.07, 6.45) is 0.558. The lowest BCUT2D eigenvalue weighted by Crippen LogP contribution is -2.30. The fourth-order valence-corrected chi connectivity index (χ4v) is 2.28. The highest BCUT2D eigenvalue weighted by Gasteiger charge is 2.24. The summed E-state index contributed by atoms with van der Waals surface area (Å²) in [5, 5.41) is 6.42. The van der Waals surface area contributed by atoms with Gasteiger partial charge >= 0.3 is 5.97 Å². The highest BCUT2D eigenvalue weighted by atomic mass is 19.1. The van der Waals surface area contributed by atoms with E-state index in [0.717, 1.165) is 5.56 Å². The Bertz CT molecular complexity index is 738. The predicted molar refractivity (Wildman–Crippen MR) is 88.7 cm³/mol. The van der Waals surface area contributed by atoms with Gasteiger partial charge in [-0.15, -0.1) is 0 Å². The summed E-state index contributed by atoms with van der Waals surface area (Å²) in [6, 6.07) is 6.05. The average Bonchev–Trinajstić information content (AvgIpc) is 2.96. The summed E-state index contributed by atoms with van der Waals surface area (Å²) in [5.74, 6) is -0.913. The van der Waals surface area contributed by atoms with Crippen LogP contribution in [0.4, 0.5) is 4.39 Å². The molecule has 1 heterocycles. The van der Waals surface area contributed by atoms with Crippen molar-refractivity contribution in [1.29, 1.82) is 0 Å². The minimum atomic E-state index is -0.629. The molecule has 0 atom stereocenters. The number of aryl methyl sites for hydroxylation is 1. The fraction of sp³-hybridized carbons (Fsp3) is 0.389. The Morgan fingerprint density at radius 3 is 2.60 bits per heavy atom. The van der Waals surface area contributed by atoms with E-state index < -0.39 is 11.9 Å². The summed E-state index contributed by atoms with van der Waals surface area (Å²) in [5.41, 5.74) is 1.61. The van der Waals surface area contributed by atoms with Gasteiger partial charge < -0.3 is 14.6 Å². The SMILES string of the molecule is Cc1noc(C(C)C)c1C(=O)OCC(=O)NCCc1ccc(F)cc1. The van der Waals surface area contributed by atoms with E-state index in [1.54, 1.807) is 19.1 Å². The number of hydrogen-bond acceptors (Lipinski definition) is 5. The smallest absolute Gasteiger partial charge is 0.344 e. The van der Waals surface area contributed by atoms with Crippen molar-refractivity contribution in [3.63, 3.8) is 0 Å². The number of halogens is 1. The normalized spacial score (nSPS) is 10.8. The van der Waals surface area contributed by atoms with Crippen LogP contribution in [0.3, 0.4) is 0 Å². The highest BCUT2D eigenvalue weighted by Crippen LogP contribution is 2.22. The van der Waals surface area contributed by atoms with Crippen molar-refractivity contribution in [3.05, 3.63) is 52.7 Å². The Labute approximate surface area is 145 Å². The van der Waals surface area contributed by atoms with Crippen LogP contribution in [0.1, 0.15) is 47.1 Å². The van der Waals surface area contributed by atoms with Crippen molar-refractivity contribution < 1.29 is 23.2 Å². The molecule has 0 aliphatic rings. The second-order valence-electron chi connectivity index (χ2n) is 5.96. The Kier molecular flexibility index (Phi) is 6.27. The minimum Gasteiger partial charge on any atom is -0.452 e. The van der Waals surface area contributed by atoms with Gasteiger partial charge in [0, 0.05) is 12.5 Å². The number of carbonyl (C=O) groups excluding carboxylic acids is 2. The van der Waals surface area contributed by atoms with Gasteiger partial charge in [0.05, 0.1) is 5.69 Å². The van der Waals surface area contributed by atoms with E-state index in [1.807, 2.05) is 13.8 Å². The van der Waals surface area contributed by atoms with E-state index in [0.29, 0.717) is 24.4 Å². The van der Waals surface area contributed by atoms with E-state index in [4.69, 9.17) is 9.26 Å². The van der Waals surface area contributed by atoms with Gasteiger partial charge in [-0.1, -0.05) is 31.1 Å². The van der Waals surface area contributed by atoms with Crippen LogP contribution in [0.15, 0.2) is 28.8 Å². The first-order valence-corrected chi connectivity index (χ1v) is 8.03. The molecule has 1 amide bonds. The summed E-state index contributed by atoms with van der Waals surface area (Å²) in [6.45, 7) is 5.38. The third-order valence-corrected chi connectivity index (χ3v) is 3.60. The van der Waals surface area contributed by atoms with Crippen LogP contribution in [0, 0.1) is 12.7 Å². The standard InChI is InChI=1S/C18H21FN2O4/c1-11(2)17-16(12(3)21-25-17)18(23)24-10-15(22)20-9-8-13-4-6-14(19)7-5-13/h4-7,11H,8-10H2,1-3H3,(H,20,22). The van der Waals surface area contributed by atoms with Crippen LogP contribution in [-0.2, 0) is 16.0 Å². The first-order chi connectivity index (χ1) is 11.9. The zero-order valence-corrected chi connectivity index (χ0v) is 14.5. The molecule has 0 saturated heterocycles. The van der Waals surface area contributed by atoms with Gasteiger partial charge in [-0.2, -0.15) is 0 Å². The molecule has 0 saturated carbocycles. The van der Waals surface area contributed by atoms with Gasteiger partial charge in [-0.05, 0) is 31.0 Å². The Morgan fingerprint density at radius 2 is 1.96 bits per heavy atom. The molecular weight excluding hydrogens is 327 g/mol. The molecule has 1 N–H and O–H groups in total. The van der Waals surface area contributed by atoms with E-state index >= 15 is 0 Å². The second kappa shape index (κ2) is 8.41. The lowest BCUT2D eigenvalue weighted by Gasteiger charge is -2.08. The van der Waals surface area contributed by atoms with Gasteiger partial charge in [0.25, 0.3) is 5.91 Å². The molecule has 0 radical (unpaired) electrons. The molecule has 1 aromatic carbocycles. The van der Waals surface area contributed by atoms with Crippen molar-refractivity contribution in [2.24, 2.45) is 0 Å². The van der Waals surface area contributed by atoms with Crippen LogP contribution in [0.25, 0.3) is 0 Å². The molecule has 0 unspecified atom stereocenters. The maximum atomic E-state index is 12.8. The zero-order chi connectivity index (χ0) is 18.4. The highest BCUT2D eigenvalue weighted by molar-refractivity contribution is 5.93. The quantitative estimate of drug-likeness (QED) is 0.778. The Morgan fingerprint density at radius 1 is 1.28 bits per heavy atom. The molecule has 2 aromatic rings. The summed E-state index contributed by atoms with van der Waals surface area (Å²) < 4.78 is 23.0. The van der Waals surface area contributed by atoms with E-state index in [2.05, 4.69) is 10.5 Å². The number of benzene rings is 1. The molecule has 1 aromatic heterocycles. The van der Waals surface area contributed by atoms with Crippen LogP contribution in [-0.4, -0.2) is 30.2 Å². The zero-order valence-electron chi connectivity index (χ0n) is 14.5. The van der Waals surface area contributed by atoms with Crippen molar-refractivity contribution in [3.8, 4) is 0 Å². The largest absolute Gasteiger partial charge is 0.452 e. The molecule has 0 spiro atoms. The topological polar surface area (TPSA) is 81.4 Å². The average molecular weight is 348 g/mol. The number of esters is 1. The number of carbonyl (C=O) groups is 2. The maximum absolute atomic E-state index is 12.8. The third-order valence-electron chi connectivity index (χ3n) is 3.60. The molecule has 7 heteroatoms. The number of nitrogens with zero attached hydrogens (tertiary/aromatic N) is 1. The summed E-state index contributed by atoms with van der Waals surface area (Å²) in [7, 11) is 0. The molecule has 0 aliphatic carbocycles. The molecular formula is C18H21FN2O4. The molecule has 25 heavy (non-hydrogen) atoms. The second-order valence-corrected chi connectivity index (χ2v) is 5.96. The molecule has 6 nitrogen and oxygen atoms in total. The lowest BCUT2D eigenvalue weighted by atomic mass is 10.1. The number of aromatic nitrogens is 1. The van der Waals surface area contributed by atoms with Crippen molar-refractivity contribution in [1.82, 2.24) is 10.5 Å². The predicted octanol–water partition coefficient (Wildman–Crippen LogP) is 2.76. The lowest BCUT2D eigenvalue weighted by molar-refractivity contribution is -0.124. The maximum Gasteiger partial charge on any atom is 0.344 e. The summed E-state index contributed by atoms with van der Waals surface area (Å²) >= 11 is 0. The Hall–Kier alpha value is -2.70. The number of nitrogens with one attached hydrogen (secondary N) is 1. The van der Waals surface area contributed by atoms with Gasteiger partial charge in [-0.25, -0.2) is 9.18 Å². The van der Waals surface area contributed by atoms with E-state index in [1.165, 1.54) is 12.1 Å². The Balaban J connectivity index is 1.79. The number of amides is 1. The van der Waals surface area contributed by atoms with Crippen LogP contribution in [0.2, 0.25) is 0 Å². The van der Waals surface area contributed by atoms with Gasteiger partial charge in [0.2, 0.25) is 0 Å². The van der Waals surface area contributed by atoms with Crippen molar-refractivity contribution in [2.45, 2.75) is 33.1 Å². The first kappa shape index (κ1) is 18.6. The molecule has 0 fully saturated rings. The first-order valence-electron chi connectivity index (χ1n) is 8.03. The number of hydrogen-bond donors (Lipinski definition) is 1. The fourth-order valence-electron chi connectivity index (χ4n) is 2.28. The van der Waals surface area contributed by atoms with Gasteiger partial charge in [0.15, 0.2) is 12.4 Å². The van der Waals surface area contributed by atoms with E-state index in [9.17, 15) is 14.0 Å².